The quantitative estimate of drug-likeness (QED) is 0.834. The summed E-state index contributed by atoms with van der Waals surface area (Å²) in [5, 5.41) is 19.7. The Morgan fingerprint density at radius 1 is 1.19 bits per heavy atom. The maximum Gasteiger partial charge on any atom is 0.0802 e. The Morgan fingerprint density at radius 2 is 1.75 bits per heavy atom. The van der Waals surface area contributed by atoms with Gasteiger partial charge >= 0.3 is 0 Å². The molecule has 3 unspecified atom stereocenters. The summed E-state index contributed by atoms with van der Waals surface area (Å²) in [7, 11) is 0. The summed E-state index contributed by atoms with van der Waals surface area (Å²) in [6.45, 7) is 3.69. The predicted octanol–water partition coefficient (Wildman–Crippen LogP) is 2.97. The fourth-order valence-electron chi connectivity index (χ4n) is 1.76. The molecule has 2 N–H and O–H groups in total. The summed E-state index contributed by atoms with van der Waals surface area (Å²) in [6.07, 6.45) is 0.170. The predicted molar refractivity (Wildman–Crippen MR) is 66.8 cm³/mol. The van der Waals surface area contributed by atoms with Crippen LogP contribution in [0.2, 0.25) is 5.02 Å². The number of rotatable bonds is 5. The maximum atomic E-state index is 9.67. The number of benzene rings is 1. The zero-order valence-corrected chi connectivity index (χ0v) is 10.5. The van der Waals surface area contributed by atoms with Crippen molar-refractivity contribution >= 4 is 11.6 Å². The molecule has 0 spiro atoms. The van der Waals surface area contributed by atoms with Gasteiger partial charge in [0.2, 0.25) is 0 Å². The summed E-state index contributed by atoms with van der Waals surface area (Å²) < 4.78 is 0. The zero-order valence-electron chi connectivity index (χ0n) is 9.73. The molecule has 0 heterocycles. The van der Waals surface area contributed by atoms with Gasteiger partial charge in [0.15, 0.2) is 0 Å². The maximum absolute atomic E-state index is 9.67. The molecule has 16 heavy (non-hydrogen) atoms. The lowest BCUT2D eigenvalue weighted by Crippen LogP contribution is -2.24. The second-order valence-electron chi connectivity index (χ2n) is 4.20. The average molecular weight is 243 g/mol. The summed E-state index contributed by atoms with van der Waals surface area (Å²) in [6, 6.07) is 7.67. The minimum atomic E-state index is -0.679. The topological polar surface area (TPSA) is 40.5 Å². The fourth-order valence-corrected chi connectivity index (χ4v) is 1.89. The van der Waals surface area contributed by atoms with Crippen LogP contribution in [0.3, 0.4) is 0 Å². The molecule has 0 fully saturated rings. The van der Waals surface area contributed by atoms with Crippen LogP contribution < -0.4 is 0 Å². The van der Waals surface area contributed by atoms with Gasteiger partial charge in [-0.15, -0.1) is 0 Å². The lowest BCUT2D eigenvalue weighted by molar-refractivity contribution is 0.0215. The smallest absolute Gasteiger partial charge is 0.0802 e. The first-order valence-electron chi connectivity index (χ1n) is 5.66. The van der Waals surface area contributed by atoms with E-state index in [9.17, 15) is 10.2 Å². The Balaban J connectivity index is 2.70. The minimum absolute atomic E-state index is 0.266. The van der Waals surface area contributed by atoms with Crippen molar-refractivity contribution in [1.29, 1.82) is 0 Å². The van der Waals surface area contributed by atoms with Gasteiger partial charge in [-0.1, -0.05) is 30.7 Å². The van der Waals surface area contributed by atoms with Crippen molar-refractivity contribution in [2.45, 2.75) is 44.8 Å². The van der Waals surface area contributed by atoms with Crippen molar-refractivity contribution in [2.24, 2.45) is 0 Å². The van der Waals surface area contributed by atoms with E-state index in [1.54, 1.807) is 6.92 Å². The van der Waals surface area contributed by atoms with Crippen molar-refractivity contribution in [3.63, 3.8) is 0 Å². The second-order valence-corrected chi connectivity index (χ2v) is 4.64. The highest BCUT2D eigenvalue weighted by Crippen LogP contribution is 2.26. The Hall–Kier alpha value is -0.570. The van der Waals surface area contributed by atoms with Crippen molar-refractivity contribution in [3.8, 4) is 0 Å². The van der Waals surface area contributed by atoms with Crippen LogP contribution in [0.1, 0.15) is 38.2 Å². The van der Waals surface area contributed by atoms with E-state index in [0.717, 1.165) is 17.0 Å². The Bertz CT molecular complexity index is 308. The molecule has 1 rings (SSSR count). The van der Waals surface area contributed by atoms with Crippen LogP contribution in [-0.2, 0) is 0 Å². The highest BCUT2D eigenvalue weighted by molar-refractivity contribution is 6.30. The highest BCUT2D eigenvalue weighted by atomic mass is 35.5. The Morgan fingerprint density at radius 3 is 2.19 bits per heavy atom. The lowest BCUT2D eigenvalue weighted by atomic mass is 9.90. The van der Waals surface area contributed by atoms with Crippen LogP contribution in [0.25, 0.3) is 0 Å². The molecule has 0 saturated carbocycles. The first-order valence-corrected chi connectivity index (χ1v) is 6.04. The third kappa shape index (κ3) is 3.78. The molecule has 0 bridgehead atoms. The number of halogens is 1. The summed E-state index contributed by atoms with van der Waals surface area (Å²) in [4.78, 5) is 0. The van der Waals surface area contributed by atoms with Gasteiger partial charge in [-0.2, -0.15) is 0 Å². The van der Waals surface area contributed by atoms with Crippen molar-refractivity contribution < 1.29 is 10.2 Å². The standard InChI is InChI=1S/C13H19ClO2/c1-3-10(8-13(16)9(2)15)11-4-6-12(14)7-5-11/h4-7,9-10,13,15-16H,3,8H2,1-2H3. The van der Waals surface area contributed by atoms with E-state index in [0.29, 0.717) is 6.42 Å². The number of aliphatic hydroxyl groups excluding tert-OH is 2. The van der Waals surface area contributed by atoms with Gasteiger partial charge < -0.3 is 10.2 Å². The van der Waals surface area contributed by atoms with E-state index in [-0.39, 0.29) is 5.92 Å². The summed E-state index contributed by atoms with van der Waals surface area (Å²) in [5.41, 5.74) is 1.16. The molecule has 1 aromatic rings. The number of hydrogen-bond acceptors (Lipinski definition) is 2. The normalized spacial score (nSPS) is 16.8. The second kappa shape index (κ2) is 6.24. The first-order chi connectivity index (χ1) is 7.54. The van der Waals surface area contributed by atoms with Gasteiger partial charge in [0.05, 0.1) is 12.2 Å². The van der Waals surface area contributed by atoms with E-state index >= 15 is 0 Å². The molecule has 0 saturated heterocycles. The number of aliphatic hydroxyl groups is 2. The van der Waals surface area contributed by atoms with Gasteiger partial charge in [0.1, 0.15) is 0 Å². The van der Waals surface area contributed by atoms with Gasteiger partial charge in [-0.05, 0) is 43.4 Å². The van der Waals surface area contributed by atoms with Crippen LogP contribution in [0.4, 0.5) is 0 Å². The van der Waals surface area contributed by atoms with Gasteiger partial charge in [-0.3, -0.25) is 0 Å². The van der Waals surface area contributed by atoms with Crippen LogP contribution in [0.5, 0.6) is 0 Å². The molecule has 0 radical (unpaired) electrons. The molecule has 0 aromatic heterocycles. The van der Waals surface area contributed by atoms with Gasteiger partial charge in [0.25, 0.3) is 0 Å². The van der Waals surface area contributed by atoms with Crippen LogP contribution in [-0.4, -0.2) is 22.4 Å². The third-order valence-corrected chi connectivity index (χ3v) is 3.17. The fraction of sp³-hybridized carbons (Fsp3) is 0.538. The minimum Gasteiger partial charge on any atom is -0.391 e. The van der Waals surface area contributed by atoms with E-state index in [4.69, 9.17) is 11.6 Å². The summed E-state index contributed by atoms with van der Waals surface area (Å²) >= 11 is 5.83. The van der Waals surface area contributed by atoms with Crippen molar-refractivity contribution in [2.75, 3.05) is 0 Å². The monoisotopic (exact) mass is 242 g/mol. The lowest BCUT2D eigenvalue weighted by Gasteiger charge is -2.21. The SMILES string of the molecule is CCC(CC(O)C(C)O)c1ccc(Cl)cc1. The highest BCUT2D eigenvalue weighted by Gasteiger charge is 2.18. The van der Waals surface area contributed by atoms with Gasteiger partial charge in [-0.25, -0.2) is 0 Å². The van der Waals surface area contributed by atoms with E-state index in [1.807, 2.05) is 24.3 Å². The van der Waals surface area contributed by atoms with E-state index in [1.165, 1.54) is 0 Å². The largest absolute Gasteiger partial charge is 0.391 e. The molecule has 0 aliphatic rings. The van der Waals surface area contributed by atoms with Crippen LogP contribution in [0.15, 0.2) is 24.3 Å². The first kappa shape index (κ1) is 13.5. The van der Waals surface area contributed by atoms with E-state index in [2.05, 4.69) is 6.92 Å². The third-order valence-electron chi connectivity index (χ3n) is 2.92. The molecule has 1 aromatic carbocycles. The molecular formula is C13H19ClO2. The Kier molecular flexibility index (Phi) is 5.26. The van der Waals surface area contributed by atoms with Crippen molar-refractivity contribution in [3.05, 3.63) is 34.9 Å². The number of hydrogen-bond donors (Lipinski definition) is 2. The van der Waals surface area contributed by atoms with E-state index < -0.39 is 12.2 Å². The van der Waals surface area contributed by atoms with Crippen molar-refractivity contribution in [1.82, 2.24) is 0 Å². The molecule has 0 aliphatic carbocycles. The van der Waals surface area contributed by atoms with Gasteiger partial charge in [0, 0.05) is 5.02 Å². The molecule has 0 amide bonds. The molecule has 3 atom stereocenters. The molecule has 90 valence electrons. The summed E-state index contributed by atoms with van der Waals surface area (Å²) in [5.74, 6) is 0.266. The zero-order chi connectivity index (χ0) is 12.1. The average Bonchev–Trinajstić information content (AvgIpc) is 2.26. The van der Waals surface area contributed by atoms with Crippen LogP contribution >= 0.6 is 11.6 Å². The molecule has 0 aliphatic heterocycles. The molecule has 2 nitrogen and oxygen atoms in total. The van der Waals surface area contributed by atoms with Crippen LogP contribution in [0, 0.1) is 0 Å². The molecular weight excluding hydrogens is 224 g/mol. The molecule has 3 heteroatoms. The Labute approximate surface area is 102 Å².